The van der Waals surface area contributed by atoms with Gasteiger partial charge < -0.3 is 15.0 Å². The standard InChI is InChI=1S/C14H12FN3O2/c15-8-19-11-6-9(5-10-3-1-2-4-17-10)7-12-13(11)14(16)18-20-12/h1-4,6-7H,5,8H2,(H2,16,18). The average molecular weight is 273 g/mol. The lowest BCUT2D eigenvalue weighted by Gasteiger charge is -2.06. The number of rotatable bonds is 4. The van der Waals surface area contributed by atoms with Gasteiger partial charge in [0.2, 0.25) is 6.86 Å². The quantitative estimate of drug-likeness (QED) is 0.791. The maximum absolute atomic E-state index is 12.5. The van der Waals surface area contributed by atoms with Crippen LogP contribution in [0.5, 0.6) is 5.75 Å². The number of fused-ring (bicyclic) bond motifs is 1. The van der Waals surface area contributed by atoms with Crippen molar-refractivity contribution in [1.29, 1.82) is 0 Å². The van der Waals surface area contributed by atoms with E-state index in [0.29, 0.717) is 23.1 Å². The zero-order valence-corrected chi connectivity index (χ0v) is 10.5. The molecule has 3 rings (SSSR count). The van der Waals surface area contributed by atoms with E-state index in [1.807, 2.05) is 18.2 Å². The molecule has 1 aromatic carbocycles. The first-order valence-corrected chi connectivity index (χ1v) is 6.04. The fourth-order valence-electron chi connectivity index (χ4n) is 2.10. The minimum Gasteiger partial charge on any atom is -0.462 e. The van der Waals surface area contributed by atoms with Crippen molar-refractivity contribution in [2.45, 2.75) is 6.42 Å². The van der Waals surface area contributed by atoms with Gasteiger partial charge in [-0.05, 0) is 29.8 Å². The molecular formula is C14H12FN3O2. The van der Waals surface area contributed by atoms with Crippen LogP contribution in [-0.4, -0.2) is 17.0 Å². The van der Waals surface area contributed by atoms with Crippen LogP contribution in [0, 0.1) is 0 Å². The molecule has 0 bridgehead atoms. The summed E-state index contributed by atoms with van der Waals surface area (Å²) in [5, 5.41) is 4.16. The van der Waals surface area contributed by atoms with E-state index in [9.17, 15) is 4.39 Å². The molecule has 0 spiro atoms. The fourth-order valence-corrected chi connectivity index (χ4v) is 2.10. The highest BCUT2D eigenvalue weighted by Gasteiger charge is 2.14. The molecular weight excluding hydrogens is 261 g/mol. The Morgan fingerprint density at radius 3 is 2.95 bits per heavy atom. The number of aromatic nitrogens is 2. The number of nitrogen functional groups attached to an aromatic ring is 1. The van der Waals surface area contributed by atoms with Crippen LogP contribution in [0.4, 0.5) is 10.2 Å². The van der Waals surface area contributed by atoms with Gasteiger partial charge in [0.1, 0.15) is 11.1 Å². The van der Waals surface area contributed by atoms with E-state index in [1.54, 1.807) is 18.3 Å². The SMILES string of the molecule is Nc1noc2cc(Cc3ccccn3)cc(OCF)c12. The third kappa shape index (κ3) is 2.27. The predicted molar refractivity (Wildman–Crippen MR) is 72.1 cm³/mol. The Kier molecular flexibility index (Phi) is 3.20. The molecule has 0 unspecified atom stereocenters. The molecule has 20 heavy (non-hydrogen) atoms. The Hall–Kier alpha value is -2.63. The van der Waals surface area contributed by atoms with Crippen LogP contribution < -0.4 is 10.5 Å². The number of benzene rings is 1. The van der Waals surface area contributed by atoms with Crippen molar-refractivity contribution in [3.05, 3.63) is 47.8 Å². The highest BCUT2D eigenvalue weighted by atomic mass is 19.1. The molecule has 2 aromatic heterocycles. The summed E-state index contributed by atoms with van der Waals surface area (Å²) in [6.45, 7) is -0.938. The molecule has 0 aliphatic rings. The summed E-state index contributed by atoms with van der Waals surface area (Å²) < 4.78 is 22.6. The normalized spacial score (nSPS) is 10.8. The summed E-state index contributed by atoms with van der Waals surface area (Å²) in [5.41, 5.74) is 7.94. The molecule has 0 aliphatic heterocycles. The lowest BCUT2D eigenvalue weighted by molar-refractivity contribution is 0.194. The van der Waals surface area contributed by atoms with Crippen LogP contribution in [0.1, 0.15) is 11.3 Å². The number of nitrogens with zero attached hydrogens (tertiary/aromatic N) is 2. The summed E-state index contributed by atoms with van der Waals surface area (Å²) >= 11 is 0. The number of pyridine rings is 1. The second-order valence-electron chi connectivity index (χ2n) is 4.29. The van der Waals surface area contributed by atoms with Crippen molar-refractivity contribution in [3.8, 4) is 5.75 Å². The van der Waals surface area contributed by atoms with Gasteiger partial charge in [0, 0.05) is 18.3 Å². The molecule has 2 N–H and O–H groups in total. The molecule has 0 radical (unpaired) electrons. The predicted octanol–water partition coefficient (Wildman–Crippen LogP) is 2.70. The third-order valence-electron chi connectivity index (χ3n) is 2.95. The van der Waals surface area contributed by atoms with E-state index in [1.165, 1.54) is 0 Å². The summed E-state index contributed by atoms with van der Waals surface area (Å²) in [7, 11) is 0. The van der Waals surface area contributed by atoms with Gasteiger partial charge in [0.15, 0.2) is 11.4 Å². The Morgan fingerprint density at radius 2 is 2.20 bits per heavy atom. The Morgan fingerprint density at radius 1 is 1.30 bits per heavy atom. The fraction of sp³-hybridized carbons (Fsp3) is 0.143. The van der Waals surface area contributed by atoms with Gasteiger partial charge >= 0.3 is 0 Å². The third-order valence-corrected chi connectivity index (χ3v) is 2.95. The zero-order chi connectivity index (χ0) is 13.9. The van der Waals surface area contributed by atoms with Gasteiger partial charge in [0.25, 0.3) is 0 Å². The molecule has 6 heteroatoms. The topological polar surface area (TPSA) is 74.2 Å². The van der Waals surface area contributed by atoms with E-state index in [0.717, 1.165) is 11.3 Å². The maximum atomic E-state index is 12.5. The van der Waals surface area contributed by atoms with Crippen molar-refractivity contribution >= 4 is 16.8 Å². The van der Waals surface area contributed by atoms with Crippen LogP contribution >= 0.6 is 0 Å². The number of hydrogen-bond acceptors (Lipinski definition) is 5. The summed E-state index contributed by atoms with van der Waals surface area (Å²) in [5.74, 6) is 0.516. The molecule has 3 aromatic rings. The second-order valence-corrected chi connectivity index (χ2v) is 4.29. The lowest BCUT2D eigenvalue weighted by Crippen LogP contribution is -1.96. The number of hydrogen-bond donors (Lipinski definition) is 1. The maximum Gasteiger partial charge on any atom is 0.228 e. The first-order valence-electron chi connectivity index (χ1n) is 6.04. The van der Waals surface area contributed by atoms with Crippen LogP contribution in [0.25, 0.3) is 11.0 Å². The number of alkyl halides is 1. The van der Waals surface area contributed by atoms with E-state index < -0.39 is 6.86 Å². The molecule has 0 atom stereocenters. The molecule has 102 valence electrons. The van der Waals surface area contributed by atoms with Crippen LogP contribution in [-0.2, 0) is 6.42 Å². The average Bonchev–Trinajstić information content (AvgIpc) is 2.82. The number of halogens is 1. The van der Waals surface area contributed by atoms with E-state index in [-0.39, 0.29) is 5.82 Å². The van der Waals surface area contributed by atoms with Crippen LogP contribution in [0.3, 0.4) is 0 Å². The largest absolute Gasteiger partial charge is 0.462 e. The highest BCUT2D eigenvalue weighted by molar-refractivity contribution is 5.93. The zero-order valence-electron chi connectivity index (χ0n) is 10.5. The summed E-state index contributed by atoms with van der Waals surface area (Å²) in [4.78, 5) is 4.25. The number of anilines is 1. The molecule has 0 fully saturated rings. The first kappa shape index (κ1) is 12.4. The summed E-state index contributed by atoms with van der Waals surface area (Å²) in [6.07, 6.45) is 2.30. The Labute approximate surface area is 114 Å². The second kappa shape index (κ2) is 5.16. The molecule has 0 amide bonds. The van der Waals surface area contributed by atoms with E-state index in [4.69, 9.17) is 15.0 Å². The van der Waals surface area contributed by atoms with Gasteiger partial charge in [-0.3, -0.25) is 4.98 Å². The van der Waals surface area contributed by atoms with Crippen molar-refractivity contribution < 1.29 is 13.7 Å². The molecule has 5 nitrogen and oxygen atoms in total. The van der Waals surface area contributed by atoms with E-state index >= 15 is 0 Å². The minimum atomic E-state index is -0.938. The smallest absolute Gasteiger partial charge is 0.228 e. The lowest BCUT2D eigenvalue weighted by atomic mass is 10.1. The van der Waals surface area contributed by atoms with Gasteiger partial charge in [-0.1, -0.05) is 11.2 Å². The first-order chi connectivity index (χ1) is 9.78. The van der Waals surface area contributed by atoms with Crippen LogP contribution in [0.2, 0.25) is 0 Å². The highest BCUT2D eigenvalue weighted by Crippen LogP contribution is 2.32. The van der Waals surface area contributed by atoms with Crippen molar-refractivity contribution in [1.82, 2.24) is 10.1 Å². The van der Waals surface area contributed by atoms with E-state index in [2.05, 4.69) is 10.1 Å². The van der Waals surface area contributed by atoms with Gasteiger partial charge in [0.05, 0.1) is 0 Å². The number of nitrogens with two attached hydrogens (primary N) is 1. The van der Waals surface area contributed by atoms with Crippen molar-refractivity contribution in [3.63, 3.8) is 0 Å². The van der Waals surface area contributed by atoms with Crippen LogP contribution in [0.15, 0.2) is 41.1 Å². The minimum absolute atomic E-state index is 0.188. The number of ether oxygens (including phenoxy) is 1. The molecule has 0 saturated heterocycles. The van der Waals surface area contributed by atoms with Gasteiger partial charge in [-0.25, -0.2) is 4.39 Å². The summed E-state index contributed by atoms with van der Waals surface area (Å²) in [6, 6.07) is 9.20. The molecule has 2 heterocycles. The Bertz CT molecular complexity index is 728. The molecule has 0 saturated carbocycles. The molecule has 0 aliphatic carbocycles. The monoisotopic (exact) mass is 273 g/mol. The van der Waals surface area contributed by atoms with Gasteiger partial charge in [-0.2, -0.15) is 0 Å². The Balaban J connectivity index is 2.04. The van der Waals surface area contributed by atoms with Crippen molar-refractivity contribution in [2.24, 2.45) is 0 Å². The van der Waals surface area contributed by atoms with Gasteiger partial charge in [-0.15, -0.1) is 0 Å². The van der Waals surface area contributed by atoms with Crippen molar-refractivity contribution in [2.75, 3.05) is 12.6 Å².